The summed E-state index contributed by atoms with van der Waals surface area (Å²) in [6, 6.07) is 9.97. The van der Waals surface area contributed by atoms with Crippen LogP contribution in [0.15, 0.2) is 41.4 Å². The van der Waals surface area contributed by atoms with E-state index in [0.29, 0.717) is 24.0 Å². The maximum atomic E-state index is 11.8. The van der Waals surface area contributed by atoms with Gasteiger partial charge in [-0.3, -0.25) is 14.9 Å². The fourth-order valence-corrected chi connectivity index (χ4v) is 5.76. The summed E-state index contributed by atoms with van der Waals surface area (Å²) in [5.41, 5.74) is 3.16. The first-order chi connectivity index (χ1) is 17.7. The van der Waals surface area contributed by atoms with E-state index in [-0.39, 0.29) is 0 Å². The van der Waals surface area contributed by atoms with Crippen molar-refractivity contribution in [3.8, 4) is 0 Å². The van der Waals surface area contributed by atoms with Gasteiger partial charge in [-0.05, 0) is 55.2 Å². The highest BCUT2D eigenvalue weighted by atomic mass is 32.2. The van der Waals surface area contributed by atoms with Gasteiger partial charge in [0.25, 0.3) is 0 Å². The van der Waals surface area contributed by atoms with Crippen LogP contribution in [0.3, 0.4) is 0 Å². The van der Waals surface area contributed by atoms with Crippen molar-refractivity contribution in [1.82, 2.24) is 15.3 Å². The Labute approximate surface area is 215 Å². The average Bonchev–Trinajstić information content (AvgIpc) is 3.41. The quantitative estimate of drug-likeness (QED) is 0.408. The Morgan fingerprint density at radius 1 is 1.11 bits per heavy atom. The zero-order valence-electron chi connectivity index (χ0n) is 20.3. The van der Waals surface area contributed by atoms with Gasteiger partial charge in [0.1, 0.15) is 6.04 Å². The number of carbonyl (C=O) groups excluding carboxylic acids is 2. The molecular weight excluding hydrogens is 476 g/mol. The average molecular weight is 509 g/mol. The number of nitrogens with one attached hydrogen (secondary N) is 2. The van der Waals surface area contributed by atoms with E-state index in [1.807, 2.05) is 12.1 Å². The molecule has 0 saturated carbocycles. The van der Waals surface area contributed by atoms with Crippen molar-refractivity contribution in [3.05, 3.63) is 47.1 Å². The van der Waals surface area contributed by atoms with Crippen LogP contribution >= 0.6 is 11.8 Å². The monoisotopic (exact) mass is 508 g/mol. The molecule has 9 nitrogen and oxygen atoms in total. The first kappa shape index (κ1) is 24.7. The van der Waals surface area contributed by atoms with Crippen LogP contribution < -0.4 is 20.4 Å². The van der Waals surface area contributed by atoms with Gasteiger partial charge in [-0.1, -0.05) is 0 Å². The molecule has 1 aromatic carbocycles. The third-order valence-electron chi connectivity index (χ3n) is 6.90. The van der Waals surface area contributed by atoms with Crippen LogP contribution in [0.5, 0.6) is 0 Å². The molecule has 190 valence electrons. The van der Waals surface area contributed by atoms with Crippen LogP contribution in [0.4, 0.5) is 17.3 Å². The maximum absolute atomic E-state index is 11.8. The molecule has 36 heavy (non-hydrogen) atoms. The van der Waals surface area contributed by atoms with Gasteiger partial charge < -0.3 is 19.9 Å². The number of aldehydes is 1. The van der Waals surface area contributed by atoms with Crippen LogP contribution in [0.2, 0.25) is 0 Å². The molecule has 0 bridgehead atoms. The lowest BCUT2D eigenvalue weighted by atomic mass is 9.97. The first-order valence-corrected chi connectivity index (χ1v) is 13.5. The fraction of sp³-hybridized carbons (Fsp3) is 0.462. The molecule has 0 amide bonds. The number of anilines is 3. The predicted octanol–water partition coefficient (Wildman–Crippen LogP) is 2.41. The lowest BCUT2D eigenvalue weighted by molar-refractivity contribution is -0.130. The van der Waals surface area contributed by atoms with E-state index in [2.05, 4.69) is 49.7 Å². The number of morpholine rings is 1. The summed E-state index contributed by atoms with van der Waals surface area (Å²) in [6.07, 6.45) is 6.16. The molecule has 0 radical (unpaired) electrons. The van der Waals surface area contributed by atoms with E-state index in [1.54, 1.807) is 6.20 Å². The molecule has 4 heterocycles. The smallest absolute Gasteiger partial charge is 0.225 e. The molecule has 2 N–H and O–H groups in total. The largest absolute Gasteiger partial charge is 0.385 e. The minimum absolute atomic E-state index is 0.377. The summed E-state index contributed by atoms with van der Waals surface area (Å²) in [4.78, 5) is 37.4. The highest BCUT2D eigenvalue weighted by molar-refractivity contribution is 8.03. The number of thioether (sulfide) groups is 1. The minimum atomic E-state index is -0.565. The van der Waals surface area contributed by atoms with Gasteiger partial charge in [0.2, 0.25) is 11.7 Å². The maximum Gasteiger partial charge on any atom is 0.225 e. The van der Waals surface area contributed by atoms with E-state index in [1.165, 1.54) is 17.4 Å². The Morgan fingerprint density at radius 2 is 1.89 bits per heavy atom. The van der Waals surface area contributed by atoms with Crippen molar-refractivity contribution in [2.45, 2.75) is 18.9 Å². The highest BCUT2D eigenvalue weighted by Gasteiger charge is 2.28. The SMILES string of the molecule is O=CC(=O)C1NCS/C1=C\c1ccnc(N2CCC(CNc3ccc(N4CCOCC4)cc3)CC2)n1. The number of rotatable bonds is 8. The van der Waals surface area contributed by atoms with Gasteiger partial charge in [-0.2, -0.15) is 0 Å². The molecule has 1 aromatic heterocycles. The Morgan fingerprint density at radius 3 is 2.64 bits per heavy atom. The summed E-state index contributed by atoms with van der Waals surface area (Å²) in [6.45, 7) is 6.26. The Balaban J connectivity index is 1.12. The van der Waals surface area contributed by atoms with Crippen molar-refractivity contribution < 1.29 is 14.3 Å². The molecule has 3 aliphatic heterocycles. The number of ether oxygens (including phenoxy) is 1. The Bertz CT molecular complexity index is 1080. The van der Waals surface area contributed by atoms with Gasteiger partial charge in [0.05, 0.1) is 18.9 Å². The second-order valence-electron chi connectivity index (χ2n) is 9.23. The molecule has 3 saturated heterocycles. The minimum Gasteiger partial charge on any atom is -0.385 e. The molecule has 5 rings (SSSR count). The summed E-state index contributed by atoms with van der Waals surface area (Å²) in [7, 11) is 0. The third kappa shape index (κ3) is 6.05. The lowest BCUT2D eigenvalue weighted by Gasteiger charge is -2.32. The Hall–Kier alpha value is -2.95. The molecule has 1 unspecified atom stereocenters. The summed E-state index contributed by atoms with van der Waals surface area (Å²) in [5.74, 6) is 1.46. The molecule has 0 aliphatic carbocycles. The molecule has 1 atom stereocenters. The van der Waals surface area contributed by atoms with Crippen LogP contribution in [-0.2, 0) is 14.3 Å². The lowest BCUT2D eigenvalue weighted by Crippen LogP contribution is -2.37. The van der Waals surface area contributed by atoms with E-state index >= 15 is 0 Å². The van der Waals surface area contributed by atoms with Crippen LogP contribution in [0.1, 0.15) is 18.5 Å². The summed E-state index contributed by atoms with van der Waals surface area (Å²) >= 11 is 1.52. The number of nitrogens with zero attached hydrogens (tertiary/aromatic N) is 4. The van der Waals surface area contributed by atoms with Crippen molar-refractivity contribution in [2.75, 3.05) is 66.9 Å². The van der Waals surface area contributed by atoms with Gasteiger partial charge in [-0.25, -0.2) is 9.97 Å². The number of aromatic nitrogens is 2. The molecular formula is C26H32N6O3S. The van der Waals surface area contributed by atoms with Gasteiger partial charge in [0, 0.05) is 61.1 Å². The van der Waals surface area contributed by atoms with Crippen molar-refractivity contribution >= 4 is 47.2 Å². The van der Waals surface area contributed by atoms with Crippen molar-refractivity contribution in [3.63, 3.8) is 0 Å². The molecule has 3 aliphatic rings. The standard InChI is InChI=1S/C26H32N6O3S/c33-17-23(34)25-24(36-18-29-25)15-21-5-8-27-26(30-21)32-9-6-19(7-10-32)16-28-20-1-3-22(4-2-20)31-11-13-35-14-12-31/h1-5,8,15,17,19,25,28-29H,6-7,9-14,16,18H2/b24-15-. The third-order valence-corrected chi connectivity index (χ3v) is 7.90. The van der Waals surface area contributed by atoms with Gasteiger partial charge >= 0.3 is 0 Å². The molecule has 10 heteroatoms. The van der Waals surface area contributed by atoms with Crippen LogP contribution in [-0.4, -0.2) is 79.9 Å². The van der Waals surface area contributed by atoms with Crippen LogP contribution in [0, 0.1) is 5.92 Å². The second kappa shape index (κ2) is 11.9. The second-order valence-corrected chi connectivity index (χ2v) is 10.3. The van der Waals surface area contributed by atoms with E-state index in [9.17, 15) is 9.59 Å². The zero-order chi connectivity index (χ0) is 24.7. The van der Waals surface area contributed by atoms with E-state index in [4.69, 9.17) is 9.72 Å². The zero-order valence-corrected chi connectivity index (χ0v) is 21.1. The number of Topliss-reactive ketones (excluding diaryl/α,β-unsaturated/α-hetero) is 1. The number of hydrogen-bond acceptors (Lipinski definition) is 10. The highest BCUT2D eigenvalue weighted by Crippen LogP contribution is 2.28. The number of ketones is 1. The topological polar surface area (TPSA) is 99.7 Å². The van der Waals surface area contributed by atoms with Crippen molar-refractivity contribution in [1.29, 1.82) is 0 Å². The van der Waals surface area contributed by atoms with Crippen LogP contribution in [0.25, 0.3) is 6.08 Å². The number of piperidine rings is 1. The van der Waals surface area contributed by atoms with Gasteiger partial charge in [0.15, 0.2) is 6.29 Å². The predicted molar refractivity (Wildman–Crippen MR) is 143 cm³/mol. The number of hydrogen-bond donors (Lipinski definition) is 2. The molecule has 0 spiro atoms. The number of carbonyl (C=O) groups is 2. The molecule has 2 aromatic rings. The normalized spacial score (nSPS) is 22.1. The number of benzene rings is 1. The summed E-state index contributed by atoms with van der Waals surface area (Å²) in [5, 5.41) is 6.65. The first-order valence-electron chi connectivity index (χ1n) is 12.5. The van der Waals surface area contributed by atoms with Crippen molar-refractivity contribution in [2.24, 2.45) is 5.92 Å². The summed E-state index contributed by atoms with van der Waals surface area (Å²) < 4.78 is 5.44. The fourth-order valence-electron chi connectivity index (χ4n) is 4.78. The van der Waals surface area contributed by atoms with E-state index < -0.39 is 11.8 Å². The molecule has 3 fully saturated rings. The van der Waals surface area contributed by atoms with E-state index in [0.717, 1.165) is 75.1 Å². The Kier molecular flexibility index (Phi) is 8.15. The van der Waals surface area contributed by atoms with Gasteiger partial charge in [-0.15, -0.1) is 11.8 Å².